The average Bonchev–Trinajstić information content (AvgIpc) is 1.64. The molecule has 1 saturated carbocycles. The maximum Gasteiger partial charge on any atom is 0.0554 e. The summed E-state index contributed by atoms with van der Waals surface area (Å²) in [5, 5.41) is 9.03. The van der Waals surface area contributed by atoms with Crippen LogP contribution in [0.3, 0.4) is 0 Å². The number of halogens is 1. The third kappa shape index (κ3) is 1.75. The van der Waals surface area contributed by atoms with Gasteiger partial charge in [0, 0.05) is 4.83 Å². The Morgan fingerprint density at radius 3 is 2.75 bits per heavy atom. The van der Waals surface area contributed by atoms with Crippen molar-refractivity contribution >= 4 is 15.9 Å². The summed E-state index contributed by atoms with van der Waals surface area (Å²) in [5.74, 6) is 0. The molecule has 1 unspecified atom stereocenters. The van der Waals surface area contributed by atoms with Crippen molar-refractivity contribution in [2.24, 2.45) is 0 Å². The van der Waals surface area contributed by atoms with Crippen LogP contribution in [0.2, 0.25) is 0 Å². The standard InChI is InChI=1S/C6H10BrO/c7-5-2-1-3-6(8)4-5/h6,8H,1-4H2. The van der Waals surface area contributed by atoms with Crippen LogP contribution in [0.25, 0.3) is 0 Å². The summed E-state index contributed by atoms with van der Waals surface area (Å²) < 4.78 is 0. The zero-order valence-electron chi connectivity index (χ0n) is 4.73. The van der Waals surface area contributed by atoms with Crippen molar-refractivity contribution in [3.05, 3.63) is 4.83 Å². The first-order valence-electron chi connectivity index (χ1n) is 2.97. The monoisotopic (exact) mass is 177 g/mol. The molecule has 1 nitrogen and oxygen atoms in total. The number of rotatable bonds is 0. The van der Waals surface area contributed by atoms with Gasteiger partial charge in [0.2, 0.25) is 0 Å². The van der Waals surface area contributed by atoms with E-state index < -0.39 is 0 Å². The highest BCUT2D eigenvalue weighted by atomic mass is 79.9. The lowest BCUT2D eigenvalue weighted by atomic mass is 9.98. The number of hydrogen-bond acceptors (Lipinski definition) is 1. The Hall–Kier alpha value is 0.440. The Bertz CT molecular complexity index is 66.9. The molecule has 47 valence electrons. The molecule has 0 bridgehead atoms. The topological polar surface area (TPSA) is 20.2 Å². The summed E-state index contributed by atoms with van der Waals surface area (Å²) in [7, 11) is 0. The SMILES string of the molecule is OC1CCC[C](Br)C1. The van der Waals surface area contributed by atoms with Gasteiger partial charge in [-0.3, -0.25) is 0 Å². The van der Waals surface area contributed by atoms with E-state index in [1.807, 2.05) is 0 Å². The number of aliphatic hydroxyl groups is 1. The maximum atomic E-state index is 9.03. The van der Waals surface area contributed by atoms with Crippen LogP contribution >= 0.6 is 15.9 Å². The molecule has 0 aromatic rings. The Balaban J connectivity index is 2.23. The van der Waals surface area contributed by atoms with Gasteiger partial charge in [-0.15, -0.1) is 0 Å². The lowest BCUT2D eigenvalue weighted by Crippen LogP contribution is -2.14. The van der Waals surface area contributed by atoms with Crippen LogP contribution in [-0.2, 0) is 0 Å². The van der Waals surface area contributed by atoms with E-state index in [-0.39, 0.29) is 6.10 Å². The number of hydrogen-bond donors (Lipinski definition) is 1. The van der Waals surface area contributed by atoms with E-state index in [1.54, 1.807) is 0 Å². The fourth-order valence-corrected chi connectivity index (χ4v) is 1.64. The molecule has 0 amide bonds. The summed E-state index contributed by atoms with van der Waals surface area (Å²) in [4.78, 5) is 1.27. The van der Waals surface area contributed by atoms with Crippen LogP contribution in [0, 0.1) is 4.83 Å². The molecular formula is C6H10BrO. The van der Waals surface area contributed by atoms with Crippen molar-refractivity contribution in [1.82, 2.24) is 0 Å². The first kappa shape index (κ1) is 6.56. The maximum absolute atomic E-state index is 9.03. The minimum Gasteiger partial charge on any atom is -0.393 e. The molecule has 1 radical (unpaired) electrons. The Kier molecular flexibility index (Phi) is 2.32. The first-order valence-corrected chi connectivity index (χ1v) is 3.76. The molecule has 0 saturated heterocycles. The summed E-state index contributed by atoms with van der Waals surface area (Å²) in [5.41, 5.74) is 0. The van der Waals surface area contributed by atoms with E-state index in [0.717, 1.165) is 25.7 Å². The van der Waals surface area contributed by atoms with E-state index >= 15 is 0 Å². The molecule has 0 spiro atoms. The van der Waals surface area contributed by atoms with Crippen LogP contribution in [0.4, 0.5) is 0 Å². The van der Waals surface area contributed by atoms with Gasteiger partial charge in [0.15, 0.2) is 0 Å². The third-order valence-electron chi connectivity index (χ3n) is 1.44. The smallest absolute Gasteiger partial charge is 0.0554 e. The Morgan fingerprint density at radius 1 is 1.62 bits per heavy atom. The van der Waals surface area contributed by atoms with E-state index in [9.17, 15) is 0 Å². The molecule has 1 aliphatic rings. The van der Waals surface area contributed by atoms with Gasteiger partial charge in [-0.25, -0.2) is 0 Å². The molecule has 0 aliphatic heterocycles. The van der Waals surface area contributed by atoms with Gasteiger partial charge in [-0.05, 0) is 25.7 Å². The molecular weight excluding hydrogens is 168 g/mol. The van der Waals surface area contributed by atoms with Crippen molar-refractivity contribution < 1.29 is 5.11 Å². The van der Waals surface area contributed by atoms with Gasteiger partial charge < -0.3 is 5.11 Å². The number of aliphatic hydroxyl groups excluding tert-OH is 1. The van der Waals surface area contributed by atoms with Crippen molar-refractivity contribution in [2.45, 2.75) is 31.8 Å². The zero-order valence-corrected chi connectivity index (χ0v) is 6.32. The summed E-state index contributed by atoms with van der Waals surface area (Å²) in [6.45, 7) is 0. The second-order valence-corrected chi connectivity index (χ2v) is 3.39. The van der Waals surface area contributed by atoms with Gasteiger partial charge in [0.05, 0.1) is 6.10 Å². The Labute approximate surface area is 58.2 Å². The van der Waals surface area contributed by atoms with Crippen LogP contribution in [0.1, 0.15) is 25.7 Å². The van der Waals surface area contributed by atoms with Crippen molar-refractivity contribution in [2.75, 3.05) is 0 Å². The van der Waals surface area contributed by atoms with Crippen LogP contribution in [-0.4, -0.2) is 11.2 Å². The van der Waals surface area contributed by atoms with E-state index in [4.69, 9.17) is 5.11 Å². The predicted octanol–water partition coefficient (Wildman–Crippen LogP) is 1.85. The van der Waals surface area contributed by atoms with Gasteiger partial charge in [-0.2, -0.15) is 0 Å². The third-order valence-corrected chi connectivity index (χ3v) is 2.16. The first-order chi connectivity index (χ1) is 3.79. The second kappa shape index (κ2) is 2.83. The van der Waals surface area contributed by atoms with Gasteiger partial charge in [0.25, 0.3) is 0 Å². The van der Waals surface area contributed by atoms with Crippen molar-refractivity contribution in [1.29, 1.82) is 0 Å². The molecule has 0 aromatic heterocycles. The molecule has 1 atom stereocenters. The predicted molar refractivity (Wildman–Crippen MR) is 36.6 cm³/mol. The van der Waals surface area contributed by atoms with Crippen molar-refractivity contribution in [3.63, 3.8) is 0 Å². The quantitative estimate of drug-likeness (QED) is 0.600. The minimum absolute atomic E-state index is 0.0712. The van der Waals surface area contributed by atoms with Gasteiger partial charge in [0.1, 0.15) is 0 Å². The Morgan fingerprint density at radius 2 is 2.38 bits per heavy atom. The normalized spacial score (nSPS) is 33.0. The summed E-state index contributed by atoms with van der Waals surface area (Å²) in [6, 6.07) is 0. The summed E-state index contributed by atoms with van der Waals surface area (Å²) >= 11 is 3.39. The molecule has 1 N–H and O–H groups in total. The van der Waals surface area contributed by atoms with E-state index in [0.29, 0.717) is 0 Å². The lowest BCUT2D eigenvalue weighted by molar-refractivity contribution is 0.146. The van der Waals surface area contributed by atoms with Crippen LogP contribution in [0.15, 0.2) is 0 Å². The van der Waals surface area contributed by atoms with Crippen LogP contribution in [0.5, 0.6) is 0 Å². The molecule has 0 aromatic carbocycles. The van der Waals surface area contributed by atoms with Crippen molar-refractivity contribution in [3.8, 4) is 0 Å². The van der Waals surface area contributed by atoms with Gasteiger partial charge in [-0.1, -0.05) is 15.9 Å². The molecule has 2 heteroatoms. The van der Waals surface area contributed by atoms with E-state index in [2.05, 4.69) is 15.9 Å². The highest BCUT2D eigenvalue weighted by Crippen LogP contribution is 2.30. The average molecular weight is 178 g/mol. The highest BCUT2D eigenvalue weighted by molar-refractivity contribution is 9.11. The second-order valence-electron chi connectivity index (χ2n) is 2.27. The van der Waals surface area contributed by atoms with Crippen LogP contribution < -0.4 is 0 Å². The fourth-order valence-electron chi connectivity index (χ4n) is 0.989. The molecule has 1 rings (SSSR count). The highest BCUT2D eigenvalue weighted by Gasteiger charge is 2.17. The zero-order chi connectivity index (χ0) is 5.98. The molecule has 1 aliphatic carbocycles. The van der Waals surface area contributed by atoms with E-state index in [1.165, 1.54) is 4.83 Å². The fraction of sp³-hybridized carbons (Fsp3) is 0.833. The van der Waals surface area contributed by atoms with Gasteiger partial charge >= 0.3 is 0 Å². The summed E-state index contributed by atoms with van der Waals surface area (Å²) in [6.07, 6.45) is 4.06. The molecule has 0 heterocycles. The molecule has 8 heavy (non-hydrogen) atoms. The lowest BCUT2D eigenvalue weighted by Gasteiger charge is -2.19. The molecule has 1 fully saturated rings. The largest absolute Gasteiger partial charge is 0.393 e. The minimum atomic E-state index is -0.0712.